The van der Waals surface area contributed by atoms with E-state index in [1.54, 1.807) is 0 Å². The van der Waals surface area contributed by atoms with Crippen molar-refractivity contribution in [3.8, 4) is 56.6 Å². The van der Waals surface area contributed by atoms with Gasteiger partial charge in [0, 0.05) is 78.6 Å². The molecule has 5 aromatic heterocycles. The van der Waals surface area contributed by atoms with Crippen molar-refractivity contribution in [3.63, 3.8) is 0 Å². The summed E-state index contributed by atoms with van der Waals surface area (Å²) in [6.45, 7) is 0. The molecular formula is C67H42N6OPt-2. The molecule has 0 N–H and O–H groups in total. The summed E-state index contributed by atoms with van der Waals surface area (Å²) in [6.07, 6.45) is 5.66. The number of aromatic nitrogens is 6. The van der Waals surface area contributed by atoms with Crippen molar-refractivity contribution < 1.29 is 30.4 Å². The molecular weight excluding hydrogens is 1100 g/mol. The molecule has 0 saturated carbocycles. The van der Waals surface area contributed by atoms with Gasteiger partial charge in [-0.2, -0.15) is 18.2 Å². The zero-order valence-corrected chi connectivity index (χ0v) is 42.7. The largest absolute Gasteiger partial charge is 0.510 e. The summed E-state index contributed by atoms with van der Waals surface area (Å²) in [5.41, 5.74) is 15.9. The SMILES string of the molecule is Cn1c2ccccc2c2c1c1c3ccccc3n(-c3ccccc3)c1c1c3ccc(Oc4[c-]c(-[n+]5[c-]n(-c6c(-c7ccccc7)cccc6-c6ccccc6)c6ccccc65)ccc4)[c-]c3n(-c3ccccn3)c21.[Pt]. The molecule has 0 aliphatic rings. The van der Waals surface area contributed by atoms with Crippen molar-refractivity contribution in [2.24, 2.45) is 7.05 Å². The van der Waals surface area contributed by atoms with Crippen LogP contribution in [-0.2, 0) is 28.1 Å². The number of benzene rings is 10. The molecule has 5 heterocycles. The van der Waals surface area contributed by atoms with Gasteiger partial charge in [-0.1, -0.05) is 175 Å². The molecule has 15 aromatic rings. The van der Waals surface area contributed by atoms with Gasteiger partial charge in [-0.05, 0) is 69.7 Å². The van der Waals surface area contributed by atoms with Gasteiger partial charge < -0.3 is 23.0 Å². The first-order valence-electron chi connectivity index (χ1n) is 24.9. The van der Waals surface area contributed by atoms with Gasteiger partial charge in [-0.15, -0.1) is 24.3 Å². The first-order valence-corrected chi connectivity index (χ1v) is 24.9. The smallest absolute Gasteiger partial charge is 0.268 e. The van der Waals surface area contributed by atoms with Crippen molar-refractivity contribution in [1.29, 1.82) is 0 Å². The Labute approximate surface area is 446 Å². The number of imidazole rings is 1. The summed E-state index contributed by atoms with van der Waals surface area (Å²) >= 11 is 0. The van der Waals surface area contributed by atoms with Crippen LogP contribution in [0.5, 0.6) is 11.5 Å². The van der Waals surface area contributed by atoms with Crippen LogP contribution in [-0.4, -0.2) is 23.3 Å². The Bertz CT molecular complexity index is 4630. The maximum atomic E-state index is 6.90. The molecule has 15 rings (SSSR count). The van der Waals surface area contributed by atoms with Crippen LogP contribution in [0.25, 0.3) is 122 Å². The molecule has 0 fully saturated rings. The molecule has 10 aromatic carbocycles. The Balaban J connectivity index is 0.00000516. The number of fused-ring (bicyclic) bond motifs is 13. The number of para-hydroxylation sites is 6. The molecule has 75 heavy (non-hydrogen) atoms. The van der Waals surface area contributed by atoms with Crippen molar-refractivity contribution in [2.75, 3.05) is 0 Å². The normalized spacial score (nSPS) is 11.7. The van der Waals surface area contributed by atoms with E-state index in [0.717, 1.165) is 105 Å². The van der Waals surface area contributed by atoms with Gasteiger partial charge in [-0.25, -0.2) is 4.98 Å². The second kappa shape index (κ2) is 17.7. The molecule has 7 nitrogen and oxygen atoms in total. The van der Waals surface area contributed by atoms with E-state index in [1.807, 2.05) is 30.5 Å². The molecule has 0 spiro atoms. The molecule has 0 aliphatic heterocycles. The molecule has 0 saturated heterocycles. The van der Waals surface area contributed by atoms with E-state index in [0.29, 0.717) is 11.5 Å². The van der Waals surface area contributed by atoms with E-state index in [4.69, 9.17) is 9.72 Å². The second-order valence-corrected chi connectivity index (χ2v) is 18.7. The van der Waals surface area contributed by atoms with Gasteiger partial charge in [0.25, 0.3) is 6.33 Å². The molecule has 8 heteroatoms. The monoisotopic (exact) mass is 1140 g/mol. The second-order valence-electron chi connectivity index (χ2n) is 18.7. The quantitative estimate of drug-likeness (QED) is 0.112. The van der Waals surface area contributed by atoms with Crippen LogP contribution in [0.2, 0.25) is 0 Å². The summed E-state index contributed by atoms with van der Waals surface area (Å²) in [6, 6.07) is 88.2. The van der Waals surface area contributed by atoms with E-state index >= 15 is 0 Å². The van der Waals surface area contributed by atoms with Gasteiger partial charge >= 0.3 is 0 Å². The summed E-state index contributed by atoms with van der Waals surface area (Å²) < 4.78 is 18.3. The van der Waals surface area contributed by atoms with Crippen LogP contribution < -0.4 is 9.30 Å². The Hall–Kier alpha value is -9.29. The Kier molecular flexibility index (Phi) is 10.5. The van der Waals surface area contributed by atoms with Crippen molar-refractivity contribution in [2.45, 2.75) is 0 Å². The Morgan fingerprint density at radius 2 is 1.03 bits per heavy atom. The summed E-state index contributed by atoms with van der Waals surface area (Å²) in [5.74, 6) is 1.90. The zero-order chi connectivity index (χ0) is 48.9. The van der Waals surface area contributed by atoms with Gasteiger partial charge in [0.05, 0.1) is 38.8 Å². The van der Waals surface area contributed by atoms with Crippen molar-refractivity contribution in [3.05, 3.63) is 255 Å². The fourth-order valence-corrected chi connectivity index (χ4v) is 11.6. The zero-order valence-electron chi connectivity index (χ0n) is 40.4. The van der Waals surface area contributed by atoms with E-state index < -0.39 is 0 Å². The molecule has 0 bridgehead atoms. The molecule has 0 radical (unpaired) electrons. The van der Waals surface area contributed by atoms with E-state index in [2.05, 4.69) is 255 Å². The first kappa shape index (κ1) is 44.4. The third kappa shape index (κ3) is 6.85. The Morgan fingerprint density at radius 1 is 0.453 bits per heavy atom. The number of ether oxygens (including phenoxy) is 1. The minimum absolute atomic E-state index is 0. The van der Waals surface area contributed by atoms with Crippen molar-refractivity contribution >= 4 is 76.5 Å². The minimum Gasteiger partial charge on any atom is -0.510 e. The van der Waals surface area contributed by atoms with Gasteiger partial charge in [-0.3, -0.25) is 4.57 Å². The summed E-state index contributed by atoms with van der Waals surface area (Å²) in [7, 11) is 2.19. The van der Waals surface area contributed by atoms with Gasteiger partial charge in [0.15, 0.2) is 0 Å². The summed E-state index contributed by atoms with van der Waals surface area (Å²) in [4.78, 5) is 5.05. The van der Waals surface area contributed by atoms with Crippen molar-refractivity contribution in [1.82, 2.24) is 23.3 Å². The number of nitrogens with zero attached hydrogens (tertiary/aromatic N) is 6. The third-order valence-corrected chi connectivity index (χ3v) is 14.6. The molecule has 358 valence electrons. The molecule has 0 amide bonds. The Morgan fingerprint density at radius 3 is 1.73 bits per heavy atom. The number of hydrogen-bond acceptors (Lipinski definition) is 2. The number of rotatable bonds is 8. The average Bonchev–Trinajstić information content (AvgIpc) is 4.20. The predicted octanol–water partition coefficient (Wildman–Crippen LogP) is 15.7. The van der Waals surface area contributed by atoms with Gasteiger partial charge in [0.1, 0.15) is 5.82 Å². The third-order valence-electron chi connectivity index (χ3n) is 14.6. The van der Waals surface area contributed by atoms with E-state index in [9.17, 15) is 0 Å². The molecule has 0 atom stereocenters. The fourth-order valence-electron chi connectivity index (χ4n) is 11.6. The summed E-state index contributed by atoms with van der Waals surface area (Å²) in [5, 5.41) is 6.89. The van der Waals surface area contributed by atoms with Crippen LogP contribution in [0.1, 0.15) is 0 Å². The maximum absolute atomic E-state index is 6.90. The van der Waals surface area contributed by atoms with Crippen LogP contribution in [0.4, 0.5) is 0 Å². The first-order chi connectivity index (χ1) is 36.7. The van der Waals surface area contributed by atoms with Gasteiger partial charge in [0.2, 0.25) is 0 Å². The molecule has 0 unspecified atom stereocenters. The van der Waals surface area contributed by atoms with Crippen LogP contribution in [0, 0.1) is 18.5 Å². The minimum atomic E-state index is 0. The number of hydrogen-bond donors (Lipinski definition) is 0. The average molecular weight is 1140 g/mol. The van der Waals surface area contributed by atoms with E-state index in [-0.39, 0.29) is 21.1 Å². The van der Waals surface area contributed by atoms with Crippen LogP contribution in [0.15, 0.2) is 237 Å². The van der Waals surface area contributed by atoms with Crippen LogP contribution in [0.3, 0.4) is 0 Å². The van der Waals surface area contributed by atoms with E-state index in [1.165, 1.54) is 16.2 Å². The topological polar surface area (TPSA) is 45.7 Å². The molecule has 0 aliphatic carbocycles. The standard InChI is InChI=1S/C67H42N6O.Pt/c1-69-55-33-13-11-29-52(55)61-65(69)62-53-30-12-14-34-56(53)72(46-25-9-4-10-26-46)66(62)63-54-39-38-49(42-59(54)73(67(61)63)60-37-17-18-40-68-60)74-48-28-19-27-47(41-48)70-43-71(58-36-16-15-35-57(58)70)64-50(44-21-5-2-6-22-44)31-20-32-51(64)45-23-7-3-8-24-45;/h2-40H,1H3;/q-2;. The fraction of sp³-hybridized carbons (Fsp3) is 0.0149. The predicted molar refractivity (Wildman–Crippen MR) is 299 cm³/mol. The van der Waals surface area contributed by atoms with Crippen LogP contribution >= 0.6 is 0 Å². The number of pyridine rings is 1. The number of aryl methyl sites for hydroxylation is 1. The maximum Gasteiger partial charge on any atom is 0.268 e.